The lowest BCUT2D eigenvalue weighted by Crippen LogP contribution is -2.43. The Bertz CT molecular complexity index is 987. The van der Waals surface area contributed by atoms with E-state index in [1.807, 2.05) is 12.1 Å². The first-order chi connectivity index (χ1) is 14.4. The van der Waals surface area contributed by atoms with E-state index >= 15 is 0 Å². The van der Waals surface area contributed by atoms with Crippen LogP contribution < -0.4 is 10.1 Å². The number of carbonyl (C=O) groups is 1. The highest BCUT2D eigenvalue weighted by molar-refractivity contribution is 7.89. The van der Waals surface area contributed by atoms with Gasteiger partial charge in [0.2, 0.25) is 15.9 Å². The molecule has 0 aromatic heterocycles. The van der Waals surface area contributed by atoms with Crippen molar-refractivity contribution in [1.82, 2.24) is 4.31 Å². The van der Waals surface area contributed by atoms with Crippen molar-refractivity contribution in [2.45, 2.75) is 55.6 Å². The first kappa shape index (κ1) is 21.2. The van der Waals surface area contributed by atoms with Gasteiger partial charge in [-0.05, 0) is 87.1 Å². The Morgan fingerprint density at radius 1 is 0.967 bits per heavy atom. The molecule has 0 bridgehead atoms. The van der Waals surface area contributed by atoms with Gasteiger partial charge in [0, 0.05) is 17.3 Å². The summed E-state index contributed by atoms with van der Waals surface area (Å²) < 4.78 is 33.2. The highest BCUT2D eigenvalue weighted by Gasteiger charge is 2.39. The molecule has 1 saturated carbocycles. The number of benzene rings is 2. The van der Waals surface area contributed by atoms with Crippen LogP contribution in [0.25, 0.3) is 0 Å². The van der Waals surface area contributed by atoms with E-state index in [-0.39, 0.29) is 16.9 Å². The fraction of sp³-hybridized carbons (Fsp3) is 0.409. The van der Waals surface area contributed by atoms with Crippen LogP contribution in [-0.2, 0) is 14.8 Å². The van der Waals surface area contributed by atoms with Gasteiger partial charge >= 0.3 is 0 Å². The second-order valence-electron chi connectivity index (χ2n) is 7.77. The third-order valence-electron chi connectivity index (χ3n) is 5.65. The summed E-state index contributed by atoms with van der Waals surface area (Å²) in [4.78, 5) is 13.0. The number of anilines is 1. The van der Waals surface area contributed by atoms with E-state index in [2.05, 4.69) is 5.32 Å². The van der Waals surface area contributed by atoms with Gasteiger partial charge in [-0.15, -0.1) is 0 Å². The minimum absolute atomic E-state index is 0.139. The van der Waals surface area contributed by atoms with Crippen LogP contribution in [0.1, 0.15) is 38.5 Å². The highest BCUT2D eigenvalue weighted by atomic mass is 35.5. The molecule has 0 radical (unpaired) electrons. The molecule has 4 rings (SSSR count). The third-order valence-corrected chi connectivity index (χ3v) is 7.83. The molecule has 2 aliphatic rings. The van der Waals surface area contributed by atoms with Crippen molar-refractivity contribution in [3.63, 3.8) is 0 Å². The van der Waals surface area contributed by atoms with Crippen molar-refractivity contribution in [3.05, 3.63) is 53.6 Å². The summed E-state index contributed by atoms with van der Waals surface area (Å²) in [7, 11) is -3.77. The van der Waals surface area contributed by atoms with E-state index < -0.39 is 16.1 Å². The summed E-state index contributed by atoms with van der Waals surface area (Å²) in [5, 5.41) is 3.31. The van der Waals surface area contributed by atoms with Gasteiger partial charge in [0.25, 0.3) is 0 Å². The number of amides is 1. The summed E-state index contributed by atoms with van der Waals surface area (Å²) >= 11 is 5.87. The summed E-state index contributed by atoms with van der Waals surface area (Å²) in [5.41, 5.74) is 0.620. The zero-order valence-corrected chi connectivity index (χ0v) is 18.2. The Morgan fingerprint density at radius 2 is 1.63 bits per heavy atom. The Hall–Kier alpha value is -2.09. The van der Waals surface area contributed by atoms with Crippen LogP contribution in [0.15, 0.2) is 53.4 Å². The van der Waals surface area contributed by atoms with Gasteiger partial charge < -0.3 is 10.1 Å². The minimum Gasteiger partial charge on any atom is -0.490 e. The fourth-order valence-electron chi connectivity index (χ4n) is 4.07. The number of hydrogen-bond acceptors (Lipinski definition) is 4. The van der Waals surface area contributed by atoms with Crippen molar-refractivity contribution in [1.29, 1.82) is 0 Å². The molecule has 0 unspecified atom stereocenters. The van der Waals surface area contributed by atoms with Crippen molar-refractivity contribution in [2.24, 2.45) is 0 Å². The molecule has 1 aliphatic heterocycles. The van der Waals surface area contributed by atoms with Crippen molar-refractivity contribution >= 4 is 33.2 Å². The second kappa shape index (κ2) is 8.96. The van der Waals surface area contributed by atoms with Crippen LogP contribution in [0.2, 0.25) is 5.02 Å². The van der Waals surface area contributed by atoms with E-state index in [0.29, 0.717) is 30.1 Å². The lowest BCUT2D eigenvalue weighted by molar-refractivity contribution is -0.119. The number of halogens is 1. The molecule has 2 fully saturated rings. The molecule has 0 spiro atoms. The number of hydrogen-bond donors (Lipinski definition) is 1. The molecule has 1 atom stereocenters. The van der Waals surface area contributed by atoms with Gasteiger partial charge in [0.15, 0.2) is 0 Å². The molecule has 2 aromatic rings. The maximum absolute atomic E-state index is 13.0. The Morgan fingerprint density at radius 3 is 2.30 bits per heavy atom. The Labute approximate surface area is 182 Å². The van der Waals surface area contributed by atoms with Gasteiger partial charge in [-0.2, -0.15) is 4.31 Å². The normalized spacial score (nSPS) is 20.4. The van der Waals surface area contributed by atoms with E-state index in [1.165, 1.54) is 41.4 Å². The number of sulfonamides is 1. The fourth-order valence-corrected chi connectivity index (χ4v) is 5.86. The summed E-state index contributed by atoms with van der Waals surface area (Å²) in [5.74, 6) is 0.460. The molecule has 30 heavy (non-hydrogen) atoms. The molecule has 1 amide bonds. The zero-order chi connectivity index (χ0) is 21.1. The van der Waals surface area contributed by atoms with Crippen LogP contribution in [0.4, 0.5) is 5.69 Å². The minimum atomic E-state index is -3.77. The summed E-state index contributed by atoms with van der Waals surface area (Å²) in [6.07, 6.45) is 5.97. The predicted molar refractivity (Wildman–Crippen MR) is 116 cm³/mol. The molecule has 1 N–H and O–H groups in total. The Kier molecular flexibility index (Phi) is 6.32. The Balaban J connectivity index is 1.42. The van der Waals surface area contributed by atoms with E-state index in [1.54, 1.807) is 12.1 Å². The number of nitrogens with zero attached hydrogens (tertiary/aromatic N) is 1. The average Bonchev–Trinajstić information content (AvgIpc) is 3.42. The SMILES string of the molecule is O=C(Nc1ccc(OC2CCCC2)cc1)[C@H]1CCCN1S(=O)(=O)c1ccc(Cl)cc1. The third kappa shape index (κ3) is 4.63. The van der Waals surface area contributed by atoms with Crippen LogP contribution in [0.5, 0.6) is 5.75 Å². The molecule has 1 heterocycles. The molecule has 160 valence electrons. The molecule has 8 heteroatoms. The van der Waals surface area contributed by atoms with Gasteiger partial charge in [0.1, 0.15) is 11.8 Å². The molecular formula is C22H25ClN2O4S. The quantitative estimate of drug-likeness (QED) is 0.708. The molecular weight excluding hydrogens is 424 g/mol. The van der Waals surface area contributed by atoms with Crippen molar-refractivity contribution < 1.29 is 17.9 Å². The topological polar surface area (TPSA) is 75.7 Å². The monoisotopic (exact) mass is 448 g/mol. The zero-order valence-electron chi connectivity index (χ0n) is 16.6. The standard InChI is InChI=1S/C22H25ClN2O4S/c23-16-7-13-20(14-8-16)30(27,28)25-15-3-6-21(25)22(26)24-17-9-11-19(12-10-17)29-18-4-1-2-5-18/h7-14,18,21H,1-6,15H2,(H,24,26)/t21-/m1/s1. The van der Waals surface area contributed by atoms with Gasteiger partial charge in [0.05, 0.1) is 11.0 Å². The molecule has 1 saturated heterocycles. The van der Waals surface area contributed by atoms with E-state index in [0.717, 1.165) is 18.6 Å². The summed E-state index contributed by atoms with van der Waals surface area (Å²) in [6.45, 7) is 0.317. The smallest absolute Gasteiger partial charge is 0.243 e. The second-order valence-corrected chi connectivity index (χ2v) is 10.1. The summed E-state index contributed by atoms with van der Waals surface area (Å²) in [6, 6.07) is 12.5. The van der Waals surface area contributed by atoms with Crippen LogP contribution in [-0.4, -0.2) is 37.3 Å². The largest absolute Gasteiger partial charge is 0.490 e. The first-order valence-corrected chi connectivity index (χ1v) is 12.1. The van der Waals surface area contributed by atoms with Crippen LogP contribution in [0.3, 0.4) is 0 Å². The van der Waals surface area contributed by atoms with E-state index in [4.69, 9.17) is 16.3 Å². The number of rotatable bonds is 6. The van der Waals surface area contributed by atoms with Gasteiger partial charge in [-0.3, -0.25) is 4.79 Å². The van der Waals surface area contributed by atoms with Crippen molar-refractivity contribution in [2.75, 3.05) is 11.9 Å². The predicted octanol–water partition coefficient (Wildman–Crippen LogP) is 4.45. The van der Waals surface area contributed by atoms with Crippen LogP contribution >= 0.6 is 11.6 Å². The van der Waals surface area contributed by atoms with Gasteiger partial charge in [-0.25, -0.2) is 8.42 Å². The lowest BCUT2D eigenvalue weighted by atomic mass is 10.2. The molecule has 1 aliphatic carbocycles. The lowest BCUT2D eigenvalue weighted by Gasteiger charge is -2.23. The van der Waals surface area contributed by atoms with E-state index in [9.17, 15) is 13.2 Å². The maximum atomic E-state index is 13.0. The molecule has 6 nitrogen and oxygen atoms in total. The first-order valence-electron chi connectivity index (χ1n) is 10.3. The van der Waals surface area contributed by atoms with Crippen molar-refractivity contribution in [3.8, 4) is 5.75 Å². The number of nitrogens with one attached hydrogen (secondary N) is 1. The number of carbonyl (C=O) groups excluding carboxylic acids is 1. The maximum Gasteiger partial charge on any atom is 0.243 e. The molecule has 2 aromatic carbocycles. The highest BCUT2D eigenvalue weighted by Crippen LogP contribution is 2.29. The van der Waals surface area contributed by atoms with Crippen LogP contribution in [0, 0.1) is 0 Å². The van der Waals surface area contributed by atoms with Gasteiger partial charge in [-0.1, -0.05) is 11.6 Å². The average molecular weight is 449 g/mol. The number of ether oxygens (including phenoxy) is 1.